The molecule has 2 aliphatic rings. The number of nitrogens with zero attached hydrogens (tertiary/aromatic N) is 2. The van der Waals surface area contributed by atoms with Gasteiger partial charge < -0.3 is 14.8 Å². The molecule has 1 spiro atoms. The van der Waals surface area contributed by atoms with E-state index < -0.39 is 0 Å². The minimum atomic E-state index is 0.107. The van der Waals surface area contributed by atoms with Crippen molar-refractivity contribution in [1.82, 2.24) is 14.8 Å². The number of carbonyl (C=O) groups excluding carboxylic acids is 1. The number of carbonyl (C=O) groups is 1. The molecule has 4 heteroatoms. The fraction of sp³-hybridized carbons (Fsp3) is 0.591. The molecular weight excluding hydrogens is 322 g/mol. The SMILES string of the molecule is CCN(C)[C@H]1CN(C(=O)Cc2c[nH]c3ccccc23)C2(CCCCC2)C1. The van der Waals surface area contributed by atoms with Crippen LogP contribution >= 0.6 is 0 Å². The highest BCUT2D eigenvalue weighted by Gasteiger charge is 2.48. The average molecular weight is 354 g/mol. The number of fused-ring (bicyclic) bond motifs is 1. The first-order valence-corrected chi connectivity index (χ1v) is 10.2. The second-order valence-corrected chi connectivity index (χ2v) is 8.26. The molecule has 4 rings (SSSR count). The molecule has 1 amide bonds. The highest BCUT2D eigenvalue weighted by molar-refractivity contribution is 5.89. The average Bonchev–Trinajstić information content (AvgIpc) is 3.24. The van der Waals surface area contributed by atoms with Crippen molar-refractivity contribution >= 4 is 16.8 Å². The number of aromatic amines is 1. The summed E-state index contributed by atoms with van der Waals surface area (Å²) < 4.78 is 0. The molecule has 1 aromatic carbocycles. The largest absolute Gasteiger partial charge is 0.361 e. The predicted octanol–water partition coefficient (Wildman–Crippen LogP) is 3.97. The Kier molecular flexibility index (Phi) is 4.78. The van der Waals surface area contributed by atoms with E-state index in [2.05, 4.69) is 47.0 Å². The van der Waals surface area contributed by atoms with Crippen molar-refractivity contribution < 1.29 is 4.79 Å². The second kappa shape index (κ2) is 7.07. The van der Waals surface area contributed by atoms with Gasteiger partial charge in [0.15, 0.2) is 0 Å². The predicted molar refractivity (Wildman–Crippen MR) is 106 cm³/mol. The fourth-order valence-electron chi connectivity index (χ4n) is 5.16. The van der Waals surface area contributed by atoms with Crippen molar-refractivity contribution in [2.24, 2.45) is 0 Å². The summed E-state index contributed by atoms with van der Waals surface area (Å²) >= 11 is 0. The van der Waals surface area contributed by atoms with Crippen LogP contribution < -0.4 is 0 Å². The van der Waals surface area contributed by atoms with Gasteiger partial charge in [-0.1, -0.05) is 44.4 Å². The van der Waals surface area contributed by atoms with Crippen LogP contribution in [-0.2, 0) is 11.2 Å². The normalized spacial score (nSPS) is 22.6. The highest BCUT2D eigenvalue weighted by Crippen LogP contribution is 2.43. The summed E-state index contributed by atoms with van der Waals surface area (Å²) in [5.41, 5.74) is 2.35. The molecule has 1 aliphatic carbocycles. The summed E-state index contributed by atoms with van der Waals surface area (Å²) in [4.78, 5) is 21.4. The van der Waals surface area contributed by atoms with E-state index in [1.165, 1.54) is 37.5 Å². The number of rotatable bonds is 4. The third-order valence-corrected chi connectivity index (χ3v) is 6.81. The molecule has 140 valence electrons. The van der Waals surface area contributed by atoms with E-state index in [1.54, 1.807) is 0 Å². The zero-order valence-electron chi connectivity index (χ0n) is 16.1. The maximum Gasteiger partial charge on any atom is 0.227 e. The zero-order valence-corrected chi connectivity index (χ0v) is 16.1. The number of benzene rings is 1. The first kappa shape index (κ1) is 17.6. The van der Waals surface area contributed by atoms with Gasteiger partial charge >= 0.3 is 0 Å². The van der Waals surface area contributed by atoms with Crippen molar-refractivity contribution in [2.75, 3.05) is 20.1 Å². The number of hydrogen-bond acceptors (Lipinski definition) is 2. The number of hydrogen-bond donors (Lipinski definition) is 1. The maximum absolute atomic E-state index is 13.4. The van der Waals surface area contributed by atoms with Crippen LogP contribution in [0.2, 0.25) is 0 Å². The van der Waals surface area contributed by atoms with Gasteiger partial charge in [0, 0.05) is 35.2 Å². The molecule has 26 heavy (non-hydrogen) atoms. The first-order valence-electron chi connectivity index (χ1n) is 10.2. The second-order valence-electron chi connectivity index (χ2n) is 8.26. The van der Waals surface area contributed by atoms with Crippen LogP contribution in [0.5, 0.6) is 0 Å². The van der Waals surface area contributed by atoms with Gasteiger partial charge in [-0.15, -0.1) is 0 Å². The Balaban J connectivity index is 1.58. The van der Waals surface area contributed by atoms with Gasteiger partial charge in [0.25, 0.3) is 0 Å². The van der Waals surface area contributed by atoms with Crippen molar-refractivity contribution in [3.8, 4) is 0 Å². The number of H-pyrrole nitrogens is 1. The van der Waals surface area contributed by atoms with Gasteiger partial charge in [-0.25, -0.2) is 0 Å². The quantitative estimate of drug-likeness (QED) is 0.903. The Morgan fingerprint density at radius 1 is 1.27 bits per heavy atom. The Morgan fingerprint density at radius 2 is 2.04 bits per heavy atom. The van der Waals surface area contributed by atoms with Gasteiger partial charge in [-0.3, -0.25) is 4.79 Å². The lowest BCUT2D eigenvalue weighted by Crippen LogP contribution is -2.49. The molecule has 1 N–H and O–H groups in total. The highest BCUT2D eigenvalue weighted by atomic mass is 16.2. The summed E-state index contributed by atoms with van der Waals surface area (Å²) in [6.07, 6.45) is 9.88. The van der Waals surface area contributed by atoms with E-state index >= 15 is 0 Å². The van der Waals surface area contributed by atoms with Gasteiger partial charge in [-0.2, -0.15) is 0 Å². The molecule has 1 saturated heterocycles. The van der Waals surface area contributed by atoms with Gasteiger partial charge in [-0.05, 0) is 44.5 Å². The molecule has 1 atom stereocenters. The molecule has 0 unspecified atom stereocenters. The lowest BCUT2D eigenvalue weighted by molar-refractivity contribution is -0.135. The van der Waals surface area contributed by atoms with E-state index in [0.29, 0.717) is 18.4 Å². The van der Waals surface area contributed by atoms with Gasteiger partial charge in [0.05, 0.1) is 6.42 Å². The molecule has 1 saturated carbocycles. The van der Waals surface area contributed by atoms with Crippen molar-refractivity contribution in [2.45, 2.75) is 63.5 Å². The molecule has 1 aliphatic heterocycles. The van der Waals surface area contributed by atoms with Crippen molar-refractivity contribution in [1.29, 1.82) is 0 Å². The van der Waals surface area contributed by atoms with Crippen LogP contribution in [0.15, 0.2) is 30.5 Å². The molecular formula is C22H31N3O. The number of aromatic nitrogens is 1. The van der Waals surface area contributed by atoms with E-state index in [9.17, 15) is 4.79 Å². The molecule has 0 bridgehead atoms. The van der Waals surface area contributed by atoms with E-state index in [0.717, 1.165) is 30.6 Å². The number of nitrogens with one attached hydrogen (secondary N) is 1. The van der Waals surface area contributed by atoms with Crippen molar-refractivity contribution in [3.63, 3.8) is 0 Å². The van der Waals surface area contributed by atoms with Crippen LogP contribution in [-0.4, -0.2) is 52.4 Å². The lowest BCUT2D eigenvalue weighted by Gasteiger charge is -2.41. The van der Waals surface area contributed by atoms with Crippen LogP contribution in [0, 0.1) is 0 Å². The fourth-order valence-corrected chi connectivity index (χ4v) is 5.16. The van der Waals surface area contributed by atoms with Gasteiger partial charge in [0.2, 0.25) is 5.91 Å². The first-order chi connectivity index (χ1) is 12.6. The summed E-state index contributed by atoms with van der Waals surface area (Å²) in [5.74, 6) is 0.309. The van der Waals surface area contributed by atoms with E-state index in [4.69, 9.17) is 0 Å². The van der Waals surface area contributed by atoms with Crippen LogP contribution in [0.3, 0.4) is 0 Å². The number of likely N-dealkylation sites (N-methyl/N-ethyl adjacent to an activating group) is 1. The number of para-hydroxylation sites is 1. The Bertz CT molecular complexity index is 775. The van der Waals surface area contributed by atoms with Crippen LogP contribution in [0.1, 0.15) is 51.0 Å². The molecule has 2 fully saturated rings. The third kappa shape index (κ3) is 3.05. The molecule has 2 aromatic rings. The Morgan fingerprint density at radius 3 is 2.81 bits per heavy atom. The summed E-state index contributed by atoms with van der Waals surface area (Å²) in [6.45, 7) is 4.15. The topological polar surface area (TPSA) is 39.3 Å². The van der Waals surface area contributed by atoms with Crippen LogP contribution in [0.4, 0.5) is 0 Å². The Labute approximate surface area is 156 Å². The summed E-state index contributed by atoms with van der Waals surface area (Å²) in [6, 6.07) is 8.78. The Hall–Kier alpha value is -1.81. The van der Waals surface area contributed by atoms with E-state index in [1.807, 2.05) is 12.3 Å². The zero-order chi connectivity index (χ0) is 18.1. The monoisotopic (exact) mass is 353 g/mol. The summed E-state index contributed by atoms with van der Waals surface area (Å²) in [7, 11) is 2.20. The molecule has 4 nitrogen and oxygen atoms in total. The molecule has 1 aromatic heterocycles. The van der Waals surface area contributed by atoms with Crippen molar-refractivity contribution in [3.05, 3.63) is 36.0 Å². The number of likely N-dealkylation sites (tertiary alicyclic amines) is 1. The lowest BCUT2D eigenvalue weighted by atomic mass is 9.79. The standard InChI is InChI=1S/C22H31N3O/c1-3-24(2)18-14-22(11-7-4-8-12-22)25(16-18)21(26)13-17-15-23-20-10-6-5-9-19(17)20/h5-6,9-10,15,18,23H,3-4,7-8,11-14,16H2,1-2H3/t18-/m1/s1. The maximum atomic E-state index is 13.4. The molecule has 0 radical (unpaired) electrons. The van der Waals surface area contributed by atoms with E-state index in [-0.39, 0.29) is 5.54 Å². The third-order valence-electron chi connectivity index (χ3n) is 6.81. The van der Waals surface area contributed by atoms with Gasteiger partial charge in [0.1, 0.15) is 0 Å². The number of amides is 1. The molecule has 2 heterocycles. The smallest absolute Gasteiger partial charge is 0.227 e. The van der Waals surface area contributed by atoms with Crippen LogP contribution in [0.25, 0.3) is 10.9 Å². The minimum absolute atomic E-state index is 0.107. The minimum Gasteiger partial charge on any atom is -0.361 e. The summed E-state index contributed by atoms with van der Waals surface area (Å²) in [5, 5.41) is 1.18.